The summed E-state index contributed by atoms with van der Waals surface area (Å²) in [7, 11) is 0. The summed E-state index contributed by atoms with van der Waals surface area (Å²) in [6.45, 7) is 21.5. The average molecular weight is 226 g/mol. The third kappa shape index (κ3) is 5.37. The van der Waals surface area contributed by atoms with Gasteiger partial charge in [0.1, 0.15) is 0 Å². The molecular formula is C16H34. The summed E-state index contributed by atoms with van der Waals surface area (Å²) in [4.78, 5) is 0. The lowest BCUT2D eigenvalue weighted by molar-refractivity contribution is 0.0933. The van der Waals surface area contributed by atoms with Crippen LogP contribution < -0.4 is 0 Å². The van der Waals surface area contributed by atoms with Crippen LogP contribution >= 0.6 is 0 Å². The second-order valence-electron chi connectivity index (χ2n) is 8.18. The highest BCUT2D eigenvalue weighted by Crippen LogP contribution is 2.45. The van der Waals surface area contributed by atoms with Crippen LogP contribution in [-0.4, -0.2) is 0 Å². The molecule has 0 N–H and O–H groups in total. The van der Waals surface area contributed by atoms with Crippen LogP contribution in [0.15, 0.2) is 0 Å². The Hall–Kier alpha value is 0. The standard InChI is InChI=1S/C16H34/c1-10-14(4,5)11-15(6,7)12-16(8,9)13(2)3/h13H,10-12H2,1-9H3. The zero-order valence-electron chi connectivity index (χ0n) is 13.2. The van der Waals surface area contributed by atoms with E-state index in [1.807, 2.05) is 0 Å². The maximum atomic E-state index is 2.44. The van der Waals surface area contributed by atoms with E-state index in [9.17, 15) is 0 Å². The first kappa shape index (κ1) is 16.0. The maximum absolute atomic E-state index is 2.44. The SMILES string of the molecule is CCC(C)(C)CC(C)(C)CC(C)(C)C(C)C. The summed E-state index contributed by atoms with van der Waals surface area (Å²) in [5.41, 5.74) is 1.39. The molecule has 0 saturated heterocycles. The van der Waals surface area contributed by atoms with Crippen molar-refractivity contribution in [3.8, 4) is 0 Å². The van der Waals surface area contributed by atoms with E-state index in [2.05, 4.69) is 62.3 Å². The van der Waals surface area contributed by atoms with Gasteiger partial charge in [-0.3, -0.25) is 0 Å². The summed E-state index contributed by atoms with van der Waals surface area (Å²) >= 11 is 0. The van der Waals surface area contributed by atoms with Crippen molar-refractivity contribution in [2.24, 2.45) is 22.2 Å². The van der Waals surface area contributed by atoms with Gasteiger partial charge in [-0.2, -0.15) is 0 Å². The topological polar surface area (TPSA) is 0 Å². The van der Waals surface area contributed by atoms with Gasteiger partial charge in [0, 0.05) is 0 Å². The summed E-state index contributed by atoms with van der Waals surface area (Å²) in [5, 5.41) is 0. The molecule has 0 aromatic heterocycles. The van der Waals surface area contributed by atoms with Crippen molar-refractivity contribution < 1.29 is 0 Å². The molecule has 0 aromatic carbocycles. The van der Waals surface area contributed by atoms with Crippen LogP contribution in [0.5, 0.6) is 0 Å². The molecule has 0 amide bonds. The van der Waals surface area contributed by atoms with Gasteiger partial charge in [0.2, 0.25) is 0 Å². The van der Waals surface area contributed by atoms with Gasteiger partial charge in [-0.15, -0.1) is 0 Å². The molecule has 0 atom stereocenters. The van der Waals surface area contributed by atoms with Crippen LogP contribution in [-0.2, 0) is 0 Å². The lowest BCUT2D eigenvalue weighted by Gasteiger charge is -2.41. The first-order valence-electron chi connectivity index (χ1n) is 6.92. The fourth-order valence-electron chi connectivity index (χ4n) is 2.92. The van der Waals surface area contributed by atoms with Gasteiger partial charge in [0.05, 0.1) is 0 Å². The van der Waals surface area contributed by atoms with Crippen molar-refractivity contribution in [3.63, 3.8) is 0 Å². The maximum Gasteiger partial charge on any atom is -0.0326 e. The Balaban J connectivity index is 4.58. The Kier molecular flexibility index (Phi) is 5.10. The molecule has 0 aliphatic rings. The number of hydrogen-bond acceptors (Lipinski definition) is 0. The summed E-state index contributed by atoms with van der Waals surface area (Å²) in [6, 6.07) is 0. The zero-order valence-corrected chi connectivity index (χ0v) is 13.2. The van der Waals surface area contributed by atoms with Crippen molar-refractivity contribution in [3.05, 3.63) is 0 Å². The molecule has 0 heterocycles. The molecule has 0 bridgehead atoms. The van der Waals surface area contributed by atoms with Crippen LogP contribution in [0.3, 0.4) is 0 Å². The molecule has 0 unspecified atom stereocenters. The van der Waals surface area contributed by atoms with Crippen molar-refractivity contribution in [2.45, 2.75) is 81.6 Å². The molecule has 0 nitrogen and oxygen atoms in total. The highest BCUT2D eigenvalue weighted by molar-refractivity contribution is 4.85. The first-order valence-corrected chi connectivity index (χ1v) is 6.92. The van der Waals surface area contributed by atoms with Gasteiger partial charge in [0.15, 0.2) is 0 Å². The molecule has 98 valence electrons. The van der Waals surface area contributed by atoms with E-state index in [0.29, 0.717) is 16.2 Å². The molecular weight excluding hydrogens is 192 g/mol. The Bertz CT molecular complexity index is 206. The van der Waals surface area contributed by atoms with Crippen LogP contribution in [0.2, 0.25) is 0 Å². The van der Waals surface area contributed by atoms with Crippen molar-refractivity contribution >= 4 is 0 Å². The van der Waals surface area contributed by atoms with Crippen molar-refractivity contribution in [1.82, 2.24) is 0 Å². The Morgan fingerprint density at radius 2 is 1.19 bits per heavy atom. The fourth-order valence-corrected chi connectivity index (χ4v) is 2.92. The fraction of sp³-hybridized carbons (Fsp3) is 1.00. The van der Waals surface area contributed by atoms with Crippen LogP contribution in [0.25, 0.3) is 0 Å². The van der Waals surface area contributed by atoms with Crippen LogP contribution in [0.1, 0.15) is 81.6 Å². The van der Waals surface area contributed by atoms with E-state index in [1.165, 1.54) is 19.3 Å². The van der Waals surface area contributed by atoms with Gasteiger partial charge in [-0.1, -0.05) is 68.7 Å². The lowest BCUT2D eigenvalue weighted by Crippen LogP contribution is -2.31. The largest absolute Gasteiger partial charge is 0.0649 e. The Morgan fingerprint density at radius 1 is 0.750 bits per heavy atom. The normalized spacial score (nSPS) is 14.6. The van der Waals surface area contributed by atoms with Gasteiger partial charge in [0.25, 0.3) is 0 Å². The smallest absolute Gasteiger partial charge is 0.0326 e. The summed E-state index contributed by atoms with van der Waals surface area (Å²) in [6.07, 6.45) is 3.92. The minimum absolute atomic E-state index is 0.452. The third-order valence-electron chi connectivity index (χ3n) is 4.41. The molecule has 0 saturated carbocycles. The molecule has 0 fully saturated rings. The van der Waals surface area contributed by atoms with Gasteiger partial charge in [-0.05, 0) is 35.0 Å². The van der Waals surface area contributed by atoms with E-state index < -0.39 is 0 Å². The molecule has 16 heavy (non-hydrogen) atoms. The summed E-state index contributed by atoms with van der Waals surface area (Å²) < 4.78 is 0. The quantitative estimate of drug-likeness (QED) is 0.528. The number of rotatable bonds is 6. The Labute approximate surface area is 104 Å². The molecule has 0 spiro atoms. The monoisotopic (exact) mass is 226 g/mol. The van der Waals surface area contributed by atoms with Crippen LogP contribution in [0.4, 0.5) is 0 Å². The minimum Gasteiger partial charge on any atom is -0.0649 e. The Morgan fingerprint density at radius 3 is 1.50 bits per heavy atom. The number of hydrogen-bond donors (Lipinski definition) is 0. The first-order chi connectivity index (χ1) is 6.92. The van der Waals surface area contributed by atoms with E-state index >= 15 is 0 Å². The predicted molar refractivity (Wildman–Crippen MR) is 75.7 cm³/mol. The van der Waals surface area contributed by atoms with E-state index in [-0.39, 0.29) is 0 Å². The predicted octanol–water partition coefficient (Wildman–Crippen LogP) is 5.91. The minimum atomic E-state index is 0.452. The molecule has 0 aliphatic carbocycles. The lowest BCUT2D eigenvalue weighted by atomic mass is 9.64. The second-order valence-corrected chi connectivity index (χ2v) is 8.18. The third-order valence-corrected chi connectivity index (χ3v) is 4.41. The van der Waals surface area contributed by atoms with E-state index in [4.69, 9.17) is 0 Å². The van der Waals surface area contributed by atoms with E-state index in [1.54, 1.807) is 0 Å². The second kappa shape index (κ2) is 5.10. The van der Waals surface area contributed by atoms with Gasteiger partial charge in [-0.25, -0.2) is 0 Å². The van der Waals surface area contributed by atoms with Gasteiger partial charge >= 0.3 is 0 Å². The van der Waals surface area contributed by atoms with E-state index in [0.717, 1.165) is 5.92 Å². The zero-order chi connectivity index (χ0) is 13.2. The molecule has 0 rings (SSSR count). The highest BCUT2D eigenvalue weighted by Gasteiger charge is 2.34. The molecule has 0 aromatic rings. The van der Waals surface area contributed by atoms with Crippen molar-refractivity contribution in [2.75, 3.05) is 0 Å². The molecule has 0 heteroatoms. The van der Waals surface area contributed by atoms with Gasteiger partial charge < -0.3 is 0 Å². The molecule has 0 radical (unpaired) electrons. The summed E-state index contributed by atoms with van der Waals surface area (Å²) in [5.74, 6) is 0.761. The van der Waals surface area contributed by atoms with Crippen molar-refractivity contribution in [1.29, 1.82) is 0 Å². The average Bonchev–Trinajstić information content (AvgIpc) is 1.99. The molecule has 0 aliphatic heterocycles. The van der Waals surface area contributed by atoms with Crippen LogP contribution in [0, 0.1) is 22.2 Å². The highest BCUT2D eigenvalue weighted by atomic mass is 14.4.